The van der Waals surface area contributed by atoms with Gasteiger partial charge in [-0.15, -0.1) is 0 Å². The van der Waals surface area contributed by atoms with E-state index in [-0.39, 0.29) is 11.3 Å². The summed E-state index contributed by atoms with van der Waals surface area (Å²) in [4.78, 5) is 25.3. The summed E-state index contributed by atoms with van der Waals surface area (Å²) in [6.45, 7) is 3.84. The molecule has 0 atom stereocenters. The molecule has 0 saturated carbocycles. The van der Waals surface area contributed by atoms with E-state index < -0.39 is 0 Å². The lowest BCUT2D eigenvalue weighted by Gasteiger charge is -2.12. The maximum Gasteiger partial charge on any atom is 0.278 e. The van der Waals surface area contributed by atoms with Crippen LogP contribution < -0.4 is 5.56 Å². The van der Waals surface area contributed by atoms with Crippen molar-refractivity contribution in [1.29, 1.82) is 0 Å². The number of ketones is 1. The van der Waals surface area contributed by atoms with Crippen molar-refractivity contribution < 1.29 is 4.79 Å². The van der Waals surface area contributed by atoms with Crippen LogP contribution in [0.5, 0.6) is 0 Å². The summed E-state index contributed by atoms with van der Waals surface area (Å²) in [5, 5.41) is 3.11. The molecule has 0 saturated heterocycles. The van der Waals surface area contributed by atoms with Gasteiger partial charge < -0.3 is 0 Å². The third-order valence-corrected chi connectivity index (χ3v) is 4.63. The highest BCUT2D eigenvalue weighted by molar-refractivity contribution is 6.33. The molecule has 0 amide bonds. The molecule has 4 nitrogen and oxygen atoms in total. The Morgan fingerprint density at radius 2 is 1.65 bits per heavy atom. The lowest BCUT2D eigenvalue weighted by atomic mass is 9.90. The molecule has 4 heteroatoms. The molecule has 2 aromatic carbocycles. The zero-order chi connectivity index (χ0) is 18.3. The van der Waals surface area contributed by atoms with Crippen LogP contribution in [0.4, 0.5) is 0 Å². The third kappa shape index (κ3) is 2.65. The van der Waals surface area contributed by atoms with Crippen LogP contribution in [-0.2, 0) is 4.79 Å². The van der Waals surface area contributed by atoms with Crippen molar-refractivity contribution in [3.63, 3.8) is 0 Å². The highest BCUT2D eigenvalue weighted by atomic mass is 16.1. The molecule has 0 aliphatic heterocycles. The number of hydrogen-bond donors (Lipinski definition) is 1. The predicted octanol–water partition coefficient (Wildman–Crippen LogP) is 3.92. The number of nitrogens with one attached hydrogen (secondary N) is 1. The summed E-state index contributed by atoms with van der Waals surface area (Å²) in [6.07, 6.45) is 5.06. The largest absolute Gasteiger partial charge is 0.295 e. The maximum atomic E-state index is 12.9. The fourth-order valence-corrected chi connectivity index (χ4v) is 3.17. The van der Waals surface area contributed by atoms with E-state index in [1.54, 1.807) is 12.2 Å². The Morgan fingerprint density at radius 1 is 0.923 bits per heavy atom. The zero-order valence-corrected chi connectivity index (χ0v) is 14.6. The van der Waals surface area contributed by atoms with Crippen LogP contribution in [0.2, 0.25) is 0 Å². The zero-order valence-electron chi connectivity index (χ0n) is 14.6. The number of rotatable bonds is 2. The van der Waals surface area contributed by atoms with Crippen molar-refractivity contribution >= 4 is 23.5 Å². The summed E-state index contributed by atoms with van der Waals surface area (Å²) < 4.78 is 1.51. The molecule has 4 rings (SSSR count). The molecule has 1 aromatic heterocycles. The fourth-order valence-electron chi connectivity index (χ4n) is 3.17. The lowest BCUT2D eigenvalue weighted by Crippen LogP contribution is -2.16. The van der Waals surface area contributed by atoms with E-state index in [1.807, 2.05) is 68.5 Å². The molecular weight excluding hydrogens is 324 g/mol. The van der Waals surface area contributed by atoms with Crippen molar-refractivity contribution in [3.8, 4) is 5.69 Å². The first-order valence-corrected chi connectivity index (χ1v) is 8.47. The van der Waals surface area contributed by atoms with Crippen LogP contribution in [0.3, 0.4) is 0 Å². The van der Waals surface area contributed by atoms with Gasteiger partial charge in [0.1, 0.15) is 0 Å². The number of carbonyl (C=O) groups excluding carboxylic acids is 1. The van der Waals surface area contributed by atoms with Gasteiger partial charge in [-0.1, -0.05) is 48.0 Å². The Morgan fingerprint density at radius 3 is 2.42 bits per heavy atom. The molecule has 1 aliphatic carbocycles. The summed E-state index contributed by atoms with van der Waals surface area (Å²) in [6, 6.07) is 15.4. The summed E-state index contributed by atoms with van der Waals surface area (Å²) in [7, 11) is 0. The first kappa shape index (κ1) is 16.1. The smallest absolute Gasteiger partial charge is 0.278 e. The lowest BCUT2D eigenvalue weighted by molar-refractivity contribution is -0.109. The quantitative estimate of drug-likeness (QED) is 0.718. The Balaban J connectivity index is 1.86. The Labute approximate surface area is 151 Å². The van der Waals surface area contributed by atoms with Crippen LogP contribution in [0, 0.1) is 13.8 Å². The Bertz CT molecular complexity index is 1130. The second-order valence-corrected chi connectivity index (χ2v) is 6.47. The molecule has 1 heterocycles. The fraction of sp³-hybridized carbons (Fsp3) is 0.0909. The van der Waals surface area contributed by atoms with Crippen LogP contribution in [0.1, 0.15) is 27.9 Å². The summed E-state index contributed by atoms with van der Waals surface area (Å²) in [5.41, 5.74) is 5.32. The number of carbonyl (C=O) groups is 1. The summed E-state index contributed by atoms with van der Waals surface area (Å²) in [5.74, 6) is -0.0921. The van der Waals surface area contributed by atoms with Gasteiger partial charge in [0, 0.05) is 11.3 Å². The highest BCUT2D eigenvalue weighted by Gasteiger charge is 2.19. The van der Waals surface area contributed by atoms with Crippen molar-refractivity contribution in [2.24, 2.45) is 0 Å². The topological polar surface area (TPSA) is 54.9 Å². The summed E-state index contributed by atoms with van der Waals surface area (Å²) >= 11 is 0. The number of allylic oxidation sites excluding steroid dienone is 2. The molecule has 0 unspecified atom stereocenters. The van der Waals surface area contributed by atoms with E-state index in [2.05, 4.69) is 5.10 Å². The number of benzene rings is 2. The predicted molar refractivity (Wildman–Crippen MR) is 104 cm³/mol. The number of H-pyrrole nitrogens is 1. The normalized spacial score (nSPS) is 14.7. The first-order valence-electron chi connectivity index (χ1n) is 8.47. The third-order valence-electron chi connectivity index (χ3n) is 4.63. The SMILES string of the molecule is Cc1ccc(-n2[nH]c(C)c(/C=C3\C(=O)C=Cc4ccccc43)c2=O)cc1. The Hall–Kier alpha value is -3.40. The van der Waals surface area contributed by atoms with Gasteiger partial charge in [-0.3, -0.25) is 14.7 Å². The molecule has 1 N–H and O–H groups in total. The number of fused-ring (bicyclic) bond motifs is 1. The standard InChI is InChI=1S/C22H18N2O2/c1-14-7-10-17(11-8-14)24-22(26)19(15(2)23-24)13-20-18-6-4-3-5-16(18)9-12-21(20)25/h3-13,23H,1-2H3/b20-13-. The van der Waals surface area contributed by atoms with Crippen LogP contribution in [0.15, 0.2) is 59.4 Å². The van der Waals surface area contributed by atoms with E-state index >= 15 is 0 Å². The number of aryl methyl sites for hydroxylation is 2. The van der Waals surface area contributed by atoms with E-state index in [9.17, 15) is 9.59 Å². The van der Waals surface area contributed by atoms with Gasteiger partial charge >= 0.3 is 0 Å². The molecule has 0 fully saturated rings. The van der Waals surface area contributed by atoms with E-state index in [0.717, 1.165) is 28.1 Å². The van der Waals surface area contributed by atoms with Crippen molar-refractivity contribution in [2.45, 2.75) is 13.8 Å². The molecule has 0 bridgehead atoms. The van der Waals surface area contributed by atoms with Crippen LogP contribution in [-0.4, -0.2) is 15.6 Å². The monoisotopic (exact) mass is 342 g/mol. The molecule has 0 radical (unpaired) electrons. The van der Waals surface area contributed by atoms with Crippen molar-refractivity contribution in [2.75, 3.05) is 0 Å². The second kappa shape index (κ2) is 6.15. The van der Waals surface area contributed by atoms with Gasteiger partial charge in [0.2, 0.25) is 0 Å². The average molecular weight is 342 g/mol. The number of hydrogen-bond acceptors (Lipinski definition) is 2. The minimum absolute atomic E-state index is 0.0921. The van der Waals surface area contributed by atoms with Crippen LogP contribution in [0.25, 0.3) is 23.4 Å². The van der Waals surface area contributed by atoms with Gasteiger partial charge in [0.15, 0.2) is 5.78 Å². The molecule has 128 valence electrons. The van der Waals surface area contributed by atoms with Gasteiger partial charge in [0.05, 0.1) is 11.3 Å². The van der Waals surface area contributed by atoms with Crippen molar-refractivity contribution in [1.82, 2.24) is 9.78 Å². The minimum atomic E-state index is -0.168. The Kier molecular flexibility index (Phi) is 3.81. The van der Waals surface area contributed by atoms with E-state index in [1.165, 1.54) is 4.68 Å². The molecule has 1 aliphatic rings. The second-order valence-electron chi connectivity index (χ2n) is 6.47. The molecule has 26 heavy (non-hydrogen) atoms. The number of aromatic nitrogens is 2. The van der Waals surface area contributed by atoms with Gasteiger partial charge in [-0.05, 0) is 49.3 Å². The highest BCUT2D eigenvalue weighted by Crippen LogP contribution is 2.28. The average Bonchev–Trinajstić information content (AvgIpc) is 2.92. The van der Waals surface area contributed by atoms with E-state index in [0.29, 0.717) is 11.1 Å². The number of aromatic amines is 1. The molecule has 3 aromatic rings. The van der Waals surface area contributed by atoms with Gasteiger partial charge in [-0.25, -0.2) is 4.68 Å². The van der Waals surface area contributed by atoms with Crippen LogP contribution >= 0.6 is 0 Å². The molecular formula is C22H18N2O2. The maximum absolute atomic E-state index is 12.9. The first-order chi connectivity index (χ1) is 12.5. The van der Waals surface area contributed by atoms with Gasteiger partial charge in [0.25, 0.3) is 5.56 Å². The van der Waals surface area contributed by atoms with Gasteiger partial charge in [-0.2, -0.15) is 0 Å². The van der Waals surface area contributed by atoms with E-state index in [4.69, 9.17) is 0 Å². The number of nitrogens with zero attached hydrogens (tertiary/aromatic N) is 1. The van der Waals surface area contributed by atoms with Crippen molar-refractivity contribution in [3.05, 3.63) is 92.9 Å². The minimum Gasteiger partial charge on any atom is -0.295 e. The molecule has 0 spiro atoms.